The maximum atomic E-state index is 12.1. The average molecular weight is 319 g/mol. The van der Waals surface area contributed by atoms with Crippen molar-refractivity contribution in [2.45, 2.75) is 20.8 Å². The van der Waals surface area contributed by atoms with Crippen LogP contribution in [0, 0.1) is 13.8 Å². The van der Waals surface area contributed by atoms with Gasteiger partial charge in [0.25, 0.3) is 0 Å². The molecule has 6 nitrogen and oxygen atoms in total. The predicted molar refractivity (Wildman–Crippen MR) is 88.6 cm³/mol. The molecule has 6 heteroatoms. The van der Waals surface area contributed by atoms with Crippen LogP contribution in [0.15, 0.2) is 18.2 Å². The molecule has 3 amide bonds. The van der Waals surface area contributed by atoms with E-state index in [1.54, 1.807) is 16.7 Å². The SMILES string of the molecule is CC(=O)N1CCN(C(=O)NCCOc2cccc(C)c2C)CC1. The van der Waals surface area contributed by atoms with E-state index in [1.807, 2.05) is 32.0 Å². The summed E-state index contributed by atoms with van der Waals surface area (Å²) in [7, 11) is 0. The number of ether oxygens (including phenoxy) is 1. The quantitative estimate of drug-likeness (QED) is 0.857. The van der Waals surface area contributed by atoms with Gasteiger partial charge < -0.3 is 19.9 Å². The Hall–Kier alpha value is -2.24. The molecule has 2 rings (SSSR count). The van der Waals surface area contributed by atoms with Crippen molar-refractivity contribution in [1.29, 1.82) is 0 Å². The third kappa shape index (κ3) is 4.61. The monoisotopic (exact) mass is 319 g/mol. The van der Waals surface area contributed by atoms with Gasteiger partial charge in [0.05, 0.1) is 6.54 Å². The molecule has 1 fully saturated rings. The van der Waals surface area contributed by atoms with Gasteiger partial charge in [0.1, 0.15) is 12.4 Å². The van der Waals surface area contributed by atoms with Gasteiger partial charge in [-0.3, -0.25) is 4.79 Å². The summed E-state index contributed by atoms with van der Waals surface area (Å²) in [5.41, 5.74) is 2.31. The van der Waals surface area contributed by atoms with E-state index in [9.17, 15) is 9.59 Å². The van der Waals surface area contributed by atoms with Crippen LogP contribution in [-0.4, -0.2) is 61.1 Å². The van der Waals surface area contributed by atoms with Crippen molar-refractivity contribution in [2.24, 2.45) is 0 Å². The highest BCUT2D eigenvalue weighted by atomic mass is 16.5. The second-order valence-corrected chi connectivity index (χ2v) is 5.77. The molecule has 0 aliphatic carbocycles. The number of carbonyl (C=O) groups is 2. The molecular formula is C17H25N3O3. The van der Waals surface area contributed by atoms with Crippen LogP contribution >= 0.6 is 0 Å². The highest BCUT2D eigenvalue weighted by Crippen LogP contribution is 2.20. The third-order valence-corrected chi connectivity index (χ3v) is 4.20. The molecule has 0 aromatic heterocycles. The van der Waals surface area contributed by atoms with Crippen LogP contribution in [0.4, 0.5) is 4.79 Å². The summed E-state index contributed by atoms with van der Waals surface area (Å²) in [5, 5.41) is 2.86. The van der Waals surface area contributed by atoms with E-state index >= 15 is 0 Å². The summed E-state index contributed by atoms with van der Waals surface area (Å²) >= 11 is 0. The molecule has 0 spiro atoms. The number of hydrogen-bond acceptors (Lipinski definition) is 3. The van der Waals surface area contributed by atoms with Gasteiger partial charge in [0.15, 0.2) is 0 Å². The van der Waals surface area contributed by atoms with E-state index in [4.69, 9.17) is 4.74 Å². The number of piperazine rings is 1. The zero-order chi connectivity index (χ0) is 16.8. The molecule has 1 aromatic carbocycles. The first-order valence-corrected chi connectivity index (χ1v) is 7.96. The summed E-state index contributed by atoms with van der Waals surface area (Å²) in [5.74, 6) is 0.918. The lowest BCUT2D eigenvalue weighted by atomic mass is 10.1. The van der Waals surface area contributed by atoms with Crippen LogP contribution in [-0.2, 0) is 4.79 Å². The summed E-state index contributed by atoms with van der Waals surface area (Å²) in [6.07, 6.45) is 0. The number of urea groups is 1. The second-order valence-electron chi connectivity index (χ2n) is 5.77. The van der Waals surface area contributed by atoms with Crippen LogP contribution in [0.25, 0.3) is 0 Å². The Labute approximate surface area is 137 Å². The predicted octanol–water partition coefficient (Wildman–Crippen LogP) is 1.56. The van der Waals surface area contributed by atoms with Crippen LogP contribution in [0.2, 0.25) is 0 Å². The number of rotatable bonds is 4. The number of aryl methyl sites for hydroxylation is 1. The van der Waals surface area contributed by atoms with E-state index in [2.05, 4.69) is 5.32 Å². The first-order chi connectivity index (χ1) is 11.0. The van der Waals surface area contributed by atoms with Gasteiger partial charge in [-0.2, -0.15) is 0 Å². The molecule has 1 N–H and O–H groups in total. The highest BCUT2D eigenvalue weighted by Gasteiger charge is 2.21. The van der Waals surface area contributed by atoms with Gasteiger partial charge in [-0.15, -0.1) is 0 Å². The van der Waals surface area contributed by atoms with E-state index < -0.39 is 0 Å². The minimum atomic E-state index is -0.0993. The first-order valence-electron chi connectivity index (χ1n) is 7.96. The molecule has 1 aliphatic heterocycles. The maximum Gasteiger partial charge on any atom is 0.317 e. The number of benzene rings is 1. The zero-order valence-corrected chi connectivity index (χ0v) is 14.1. The smallest absolute Gasteiger partial charge is 0.317 e. The summed E-state index contributed by atoms with van der Waals surface area (Å²) in [4.78, 5) is 26.8. The Balaban J connectivity index is 1.69. The average Bonchev–Trinajstić information content (AvgIpc) is 2.55. The fourth-order valence-electron chi connectivity index (χ4n) is 2.54. The lowest BCUT2D eigenvalue weighted by Crippen LogP contribution is -2.53. The van der Waals surface area contributed by atoms with Crippen molar-refractivity contribution in [3.63, 3.8) is 0 Å². The number of amides is 3. The van der Waals surface area contributed by atoms with Crippen molar-refractivity contribution in [2.75, 3.05) is 39.3 Å². The lowest BCUT2D eigenvalue weighted by molar-refractivity contribution is -0.130. The zero-order valence-electron chi connectivity index (χ0n) is 14.1. The van der Waals surface area contributed by atoms with E-state index in [0.29, 0.717) is 39.3 Å². The molecule has 126 valence electrons. The van der Waals surface area contributed by atoms with Crippen molar-refractivity contribution in [3.05, 3.63) is 29.3 Å². The summed E-state index contributed by atoms with van der Waals surface area (Å²) < 4.78 is 5.72. The van der Waals surface area contributed by atoms with E-state index in [1.165, 1.54) is 5.56 Å². The first kappa shape index (κ1) is 17.1. The molecule has 1 aliphatic rings. The number of hydrogen-bond donors (Lipinski definition) is 1. The van der Waals surface area contributed by atoms with Gasteiger partial charge >= 0.3 is 6.03 Å². The second kappa shape index (κ2) is 7.85. The Morgan fingerprint density at radius 3 is 2.43 bits per heavy atom. The summed E-state index contributed by atoms with van der Waals surface area (Å²) in [6.45, 7) is 8.86. The van der Waals surface area contributed by atoms with Gasteiger partial charge in [0, 0.05) is 33.1 Å². The minimum Gasteiger partial charge on any atom is -0.491 e. The minimum absolute atomic E-state index is 0.0620. The highest BCUT2D eigenvalue weighted by molar-refractivity contribution is 5.76. The van der Waals surface area contributed by atoms with Gasteiger partial charge in [-0.25, -0.2) is 4.79 Å². The fraction of sp³-hybridized carbons (Fsp3) is 0.529. The van der Waals surface area contributed by atoms with E-state index in [0.717, 1.165) is 11.3 Å². The number of nitrogens with zero attached hydrogens (tertiary/aromatic N) is 2. The lowest BCUT2D eigenvalue weighted by Gasteiger charge is -2.34. The van der Waals surface area contributed by atoms with Crippen LogP contribution < -0.4 is 10.1 Å². The van der Waals surface area contributed by atoms with Crippen molar-refractivity contribution >= 4 is 11.9 Å². The summed E-state index contributed by atoms with van der Waals surface area (Å²) in [6, 6.07) is 5.85. The Morgan fingerprint density at radius 1 is 1.13 bits per heavy atom. The Bertz CT molecular complexity index is 566. The fourth-order valence-corrected chi connectivity index (χ4v) is 2.54. The number of nitrogens with one attached hydrogen (secondary N) is 1. The van der Waals surface area contributed by atoms with Crippen LogP contribution in [0.1, 0.15) is 18.1 Å². The third-order valence-electron chi connectivity index (χ3n) is 4.20. The van der Waals surface area contributed by atoms with Crippen molar-refractivity contribution in [3.8, 4) is 5.75 Å². The maximum absolute atomic E-state index is 12.1. The van der Waals surface area contributed by atoms with Gasteiger partial charge in [0.2, 0.25) is 5.91 Å². The normalized spacial score (nSPS) is 14.6. The molecule has 0 bridgehead atoms. The number of carbonyl (C=O) groups excluding carboxylic acids is 2. The molecule has 23 heavy (non-hydrogen) atoms. The van der Waals surface area contributed by atoms with Gasteiger partial charge in [-0.1, -0.05) is 12.1 Å². The molecule has 1 aromatic rings. The van der Waals surface area contributed by atoms with Gasteiger partial charge in [-0.05, 0) is 31.0 Å². The molecule has 0 saturated carbocycles. The molecular weight excluding hydrogens is 294 g/mol. The van der Waals surface area contributed by atoms with Crippen molar-refractivity contribution in [1.82, 2.24) is 15.1 Å². The van der Waals surface area contributed by atoms with E-state index in [-0.39, 0.29) is 11.9 Å². The molecule has 1 heterocycles. The topological polar surface area (TPSA) is 61.9 Å². The molecule has 1 saturated heterocycles. The standard InChI is InChI=1S/C17H25N3O3/c1-13-5-4-6-16(14(13)2)23-12-7-18-17(22)20-10-8-19(9-11-20)15(3)21/h4-6H,7-12H2,1-3H3,(H,18,22). The van der Waals surface area contributed by atoms with Crippen molar-refractivity contribution < 1.29 is 14.3 Å². The Morgan fingerprint density at radius 2 is 1.78 bits per heavy atom. The largest absolute Gasteiger partial charge is 0.491 e. The molecule has 0 radical (unpaired) electrons. The Kier molecular flexibility index (Phi) is 5.84. The molecule has 0 atom stereocenters. The molecule has 0 unspecified atom stereocenters. The van der Waals surface area contributed by atoms with Crippen LogP contribution in [0.3, 0.4) is 0 Å². The van der Waals surface area contributed by atoms with Crippen LogP contribution in [0.5, 0.6) is 5.75 Å².